The number of imide groups is 1. The first-order chi connectivity index (χ1) is 10.00. The molecule has 2 aliphatic rings. The number of likely N-dealkylation sites (tertiary alicyclic amines) is 1. The second kappa shape index (κ2) is 5.10. The maximum Gasteiger partial charge on any atom is 0.322 e. The number of halogens is 1. The van der Waals surface area contributed by atoms with E-state index in [0.29, 0.717) is 29.7 Å². The van der Waals surface area contributed by atoms with Gasteiger partial charge in [0.15, 0.2) is 0 Å². The fraction of sp³-hybridized carbons (Fsp3) is 0.385. The number of urea groups is 1. The van der Waals surface area contributed by atoms with E-state index < -0.39 is 11.6 Å². The zero-order valence-electron chi connectivity index (χ0n) is 11.1. The fourth-order valence-electron chi connectivity index (χ4n) is 2.73. The molecule has 1 spiro atoms. The molecule has 8 heteroatoms. The van der Waals surface area contributed by atoms with Gasteiger partial charge in [0.05, 0.1) is 6.54 Å². The van der Waals surface area contributed by atoms with Crippen LogP contribution in [0.4, 0.5) is 4.79 Å². The number of nitrogens with zero attached hydrogens (tertiary/aromatic N) is 2. The van der Waals surface area contributed by atoms with Crippen molar-refractivity contribution in [2.75, 3.05) is 13.1 Å². The van der Waals surface area contributed by atoms with Crippen LogP contribution in [0.15, 0.2) is 22.8 Å². The number of rotatable bonds is 1. The van der Waals surface area contributed by atoms with Crippen molar-refractivity contribution in [2.24, 2.45) is 0 Å². The number of hydrogen-bond donors (Lipinski definition) is 2. The highest BCUT2D eigenvalue weighted by Crippen LogP contribution is 2.25. The van der Waals surface area contributed by atoms with Gasteiger partial charge in [-0.3, -0.25) is 14.9 Å². The Bertz CT molecular complexity index is 636. The molecule has 2 N–H and O–H groups in total. The number of carbonyl (C=O) groups is 3. The number of piperidine rings is 1. The molecule has 0 bridgehead atoms. The monoisotopic (exact) mass is 352 g/mol. The lowest BCUT2D eigenvalue weighted by atomic mass is 9.89. The minimum absolute atomic E-state index is 0.164. The first-order valence-electron chi connectivity index (χ1n) is 6.56. The number of nitrogens with one attached hydrogen (secondary N) is 2. The Labute approximate surface area is 129 Å². The van der Waals surface area contributed by atoms with Crippen molar-refractivity contribution < 1.29 is 14.4 Å². The lowest BCUT2D eigenvalue weighted by Gasteiger charge is -2.37. The van der Waals surface area contributed by atoms with Crippen LogP contribution >= 0.6 is 15.9 Å². The molecule has 1 unspecified atom stereocenters. The van der Waals surface area contributed by atoms with Gasteiger partial charge in [-0.15, -0.1) is 0 Å². The van der Waals surface area contributed by atoms with E-state index >= 15 is 0 Å². The van der Waals surface area contributed by atoms with Gasteiger partial charge in [-0.2, -0.15) is 0 Å². The Balaban J connectivity index is 1.82. The number of aromatic nitrogens is 1. The van der Waals surface area contributed by atoms with E-state index in [1.165, 1.54) is 0 Å². The highest BCUT2D eigenvalue weighted by atomic mass is 79.9. The topological polar surface area (TPSA) is 91.4 Å². The number of pyridine rings is 1. The van der Waals surface area contributed by atoms with E-state index in [-0.39, 0.29) is 18.4 Å². The predicted octanol–water partition coefficient (Wildman–Crippen LogP) is 0.658. The molecule has 1 aromatic heterocycles. The fourth-order valence-corrected chi connectivity index (χ4v) is 3.08. The maximum absolute atomic E-state index is 12.5. The third-order valence-corrected chi connectivity index (χ3v) is 4.17. The maximum atomic E-state index is 12.5. The molecule has 7 nitrogen and oxygen atoms in total. The average Bonchev–Trinajstić information content (AvgIpc) is 2.72. The van der Waals surface area contributed by atoms with Crippen molar-refractivity contribution in [3.8, 4) is 0 Å². The Morgan fingerprint density at radius 2 is 2.19 bits per heavy atom. The predicted molar refractivity (Wildman–Crippen MR) is 76.5 cm³/mol. The highest BCUT2D eigenvalue weighted by Gasteiger charge is 2.49. The molecule has 110 valence electrons. The summed E-state index contributed by atoms with van der Waals surface area (Å²) in [4.78, 5) is 41.5. The second-order valence-electron chi connectivity index (χ2n) is 5.17. The Hall–Kier alpha value is -1.96. The zero-order chi connectivity index (χ0) is 15.0. The van der Waals surface area contributed by atoms with Gasteiger partial charge in [0, 0.05) is 6.54 Å². The lowest BCUT2D eigenvalue weighted by Crippen LogP contribution is -2.59. The van der Waals surface area contributed by atoms with E-state index in [4.69, 9.17) is 0 Å². The smallest absolute Gasteiger partial charge is 0.322 e. The summed E-state index contributed by atoms with van der Waals surface area (Å²) in [5.41, 5.74) is -0.692. The molecule has 21 heavy (non-hydrogen) atoms. The van der Waals surface area contributed by atoms with Crippen LogP contribution in [0.2, 0.25) is 0 Å². The van der Waals surface area contributed by atoms with Crippen LogP contribution in [0.25, 0.3) is 0 Å². The molecule has 4 amide bonds. The Morgan fingerprint density at radius 1 is 1.38 bits per heavy atom. The largest absolute Gasteiger partial charge is 0.334 e. The van der Waals surface area contributed by atoms with E-state index in [9.17, 15) is 14.4 Å². The highest BCUT2D eigenvalue weighted by molar-refractivity contribution is 9.10. The number of hydrogen-bond acceptors (Lipinski definition) is 4. The molecule has 1 atom stereocenters. The van der Waals surface area contributed by atoms with Gasteiger partial charge >= 0.3 is 6.03 Å². The summed E-state index contributed by atoms with van der Waals surface area (Å²) < 4.78 is 0.576. The second-order valence-corrected chi connectivity index (χ2v) is 5.98. The molecule has 0 saturated carbocycles. The summed E-state index contributed by atoms with van der Waals surface area (Å²) in [6.07, 6.45) is 1.17. The van der Waals surface area contributed by atoms with Gasteiger partial charge in [0.1, 0.15) is 15.8 Å². The molecule has 2 fully saturated rings. The van der Waals surface area contributed by atoms with Crippen LogP contribution in [0.3, 0.4) is 0 Å². The summed E-state index contributed by atoms with van der Waals surface area (Å²) >= 11 is 3.23. The third kappa shape index (κ3) is 2.51. The molecule has 1 aromatic rings. The van der Waals surface area contributed by atoms with Crippen molar-refractivity contribution in [1.82, 2.24) is 20.5 Å². The summed E-state index contributed by atoms with van der Waals surface area (Å²) in [5, 5.41) is 4.88. The molecule has 0 radical (unpaired) electrons. The van der Waals surface area contributed by atoms with E-state index in [2.05, 4.69) is 31.5 Å². The Morgan fingerprint density at radius 3 is 2.86 bits per heavy atom. The van der Waals surface area contributed by atoms with E-state index in [0.717, 1.165) is 0 Å². The van der Waals surface area contributed by atoms with Crippen molar-refractivity contribution in [3.05, 3.63) is 28.5 Å². The van der Waals surface area contributed by atoms with Crippen LogP contribution in [-0.4, -0.2) is 46.4 Å². The molecule has 3 heterocycles. The first kappa shape index (κ1) is 14.0. The minimum Gasteiger partial charge on any atom is -0.334 e. The van der Waals surface area contributed by atoms with Gasteiger partial charge < -0.3 is 10.2 Å². The van der Waals surface area contributed by atoms with Crippen molar-refractivity contribution in [2.45, 2.75) is 18.4 Å². The third-order valence-electron chi connectivity index (χ3n) is 3.73. The number of amides is 4. The van der Waals surface area contributed by atoms with Crippen LogP contribution in [0, 0.1) is 0 Å². The van der Waals surface area contributed by atoms with Gasteiger partial charge in [-0.05, 0) is 40.9 Å². The summed E-state index contributed by atoms with van der Waals surface area (Å²) in [7, 11) is 0. The molecule has 2 aliphatic heterocycles. The minimum atomic E-state index is -1.00. The van der Waals surface area contributed by atoms with Crippen molar-refractivity contribution in [3.63, 3.8) is 0 Å². The standard InChI is InChI=1S/C13H13BrN4O3/c14-9-4-1-3-8(15-9)10(19)18-6-2-5-13(7-18)11(20)16-12(21)17-13/h1,3-4H,2,5-7H2,(H2,16,17,20,21). The molecule has 2 saturated heterocycles. The summed E-state index contributed by atoms with van der Waals surface area (Å²) in [5.74, 6) is -0.614. The van der Waals surface area contributed by atoms with Crippen molar-refractivity contribution in [1.29, 1.82) is 0 Å². The number of carbonyl (C=O) groups excluding carboxylic acids is 3. The normalized spacial score (nSPS) is 24.9. The molecular formula is C13H13BrN4O3. The Kier molecular flexibility index (Phi) is 3.40. The zero-order valence-corrected chi connectivity index (χ0v) is 12.6. The SMILES string of the molecule is O=C1NC(=O)C2(CCCN(C(=O)c3cccc(Br)n3)C2)N1. The molecular weight excluding hydrogens is 340 g/mol. The summed E-state index contributed by atoms with van der Waals surface area (Å²) in [6, 6.07) is 4.59. The quantitative estimate of drug-likeness (QED) is 0.573. The van der Waals surface area contributed by atoms with Crippen LogP contribution < -0.4 is 10.6 Å². The lowest BCUT2D eigenvalue weighted by molar-refractivity contribution is -0.125. The molecule has 0 aliphatic carbocycles. The average molecular weight is 353 g/mol. The van der Waals surface area contributed by atoms with Crippen molar-refractivity contribution >= 4 is 33.8 Å². The molecule has 3 rings (SSSR count). The van der Waals surface area contributed by atoms with Crippen LogP contribution in [0.1, 0.15) is 23.3 Å². The van der Waals surface area contributed by atoms with Crippen LogP contribution in [0.5, 0.6) is 0 Å². The van der Waals surface area contributed by atoms with Gasteiger partial charge in [0.2, 0.25) is 0 Å². The van der Waals surface area contributed by atoms with E-state index in [1.807, 2.05) is 0 Å². The summed E-state index contributed by atoms with van der Waals surface area (Å²) in [6.45, 7) is 0.704. The van der Waals surface area contributed by atoms with Gasteiger partial charge in [0.25, 0.3) is 11.8 Å². The van der Waals surface area contributed by atoms with Gasteiger partial charge in [-0.25, -0.2) is 9.78 Å². The van der Waals surface area contributed by atoms with E-state index in [1.54, 1.807) is 23.1 Å². The van der Waals surface area contributed by atoms with Gasteiger partial charge in [-0.1, -0.05) is 6.07 Å². The van der Waals surface area contributed by atoms with Crippen LogP contribution in [-0.2, 0) is 4.79 Å². The molecule has 0 aromatic carbocycles. The first-order valence-corrected chi connectivity index (χ1v) is 7.35.